The Bertz CT molecular complexity index is 1770. The fourth-order valence-corrected chi connectivity index (χ4v) is 5.82. The second kappa shape index (κ2) is 10.6. The van der Waals surface area contributed by atoms with Crippen LogP contribution in [0.4, 0.5) is 11.4 Å². The number of fused-ring (bicyclic) bond motifs is 4. The number of aromatic hydroxyl groups is 1. The van der Waals surface area contributed by atoms with Crippen LogP contribution in [0.2, 0.25) is 0 Å². The van der Waals surface area contributed by atoms with Crippen molar-refractivity contribution in [2.75, 3.05) is 22.6 Å². The van der Waals surface area contributed by atoms with Crippen LogP contribution in [-0.2, 0) is 0 Å². The third kappa shape index (κ3) is 4.94. The highest BCUT2D eigenvalue weighted by molar-refractivity contribution is 6.19. The molecule has 2 aromatic heterocycles. The summed E-state index contributed by atoms with van der Waals surface area (Å²) >= 11 is 6.47. The fraction of sp³-hybridized carbons (Fsp3) is 0.250. The van der Waals surface area contributed by atoms with Crippen molar-refractivity contribution in [3.05, 3.63) is 95.4 Å². The number of anilines is 2. The van der Waals surface area contributed by atoms with E-state index >= 15 is 0 Å². The number of rotatable bonds is 7. The topological polar surface area (TPSA) is 99.3 Å². The third-order valence-corrected chi connectivity index (χ3v) is 7.80. The van der Waals surface area contributed by atoms with Gasteiger partial charge in [0.15, 0.2) is 6.23 Å². The lowest BCUT2D eigenvalue weighted by Crippen LogP contribution is -2.30. The molecule has 210 valence electrons. The minimum atomic E-state index is -0.980. The van der Waals surface area contributed by atoms with Crippen molar-refractivity contribution >= 4 is 45.3 Å². The monoisotopic (exact) mass is 570 g/mol. The number of hydrogen-bond acceptors (Lipinski definition) is 6. The first-order valence-electron chi connectivity index (χ1n) is 13.6. The number of aryl methyl sites for hydroxylation is 1. The summed E-state index contributed by atoms with van der Waals surface area (Å²) in [7, 11) is 0. The average molecular weight is 571 g/mol. The maximum Gasteiger partial charge on any atom is 0.278 e. The van der Waals surface area contributed by atoms with E-state index in [0.29, 0.717) is 35.0 Å². The van der Waals surface area contributed by atoms with E-state index in [4.69, 9.17) is 16.3 Å². The summed E-state index contributed by atoms with van der Waals surface area (Å²) in [5, 5.41) is 25.2. The molecule has 5 aromatic rings. The van der Waals surface area contributed by atoms with E-state index in [1.807, 2.05) is 26.0 Å². The highest BCUT2D eigenvalue weighted by atomic mass is 35.5. The second-order valence-corrected chi connectivity index (χ2v) is 11.0. The Morgan fingerprint density at radius 2 is 1.93 bits per heavy atom. The Hall–Kier alpha value is -4.27. The maximum atomic E-state index is 14.0. The van der Waals surface area contributed by atoms with Crippen LogP contribution in [0.25, 0.3) is 16.4 Å². The summed E-state index contributed by atoms with van der Waals surface area (Å²) in [6.45, 7) is 6.50. The molecule has 8 nitrogen and oxygen atoms in total. The Morgan fingerprint density at radius 1 is 1.15 bits per heavy atom. The summed E-state index contributed by atoms with van der Waals surface area (Å²) < 4.78 is 7.97. The molecule has 0 aliphatic carbocycles. The van der Waals surface area contributed by atoms with Gasteiger partial charge in [0.2, 0.25) is 0 Å². The quantitative estimate of drug-likeness (QED) is 0.155. The predicted molar refractivity (Wildman–Crippen MR) is 161 cm³/mol. The van der Waals surface area contributed by atoms with Gasteiger partial charge in [-0.25, -0.2) is 4.98 Å². The maximum absolute atomic E-state index is 14.0. The number of amides is 1. The molecule has 0 radical (unpaired) electrons. The molecule has 0 saturated heterocycles. The molecular formula is C32H31ClN4O4. The van der Waals surface area contributed by atoms with Gasteiger partial charge in [-0.3, -0.25) is 4.79 Å². The van der Waals surface area contributed by atoms with Crippen LogP contribution in [0.15, 0.2) is 73.1 Å². The summed E-state index contributed by atoms with van der Waals surface area (Å²) in [4.78, 5) is 20.3. The molecule has 0 spiro atoms. The van der Waals surface area contributed by atoms with Crippen LogP contribution in [-0.4, -0.2) is 44.0 Å². The third-order valence-electron chi connectivity index (χ3n) is 7.43. The molecule has 1 aliphatic rings. The Morgan fingerprint density at radius 3 is 2.66 bits per heavy atom. The van der Waals surface area contributed by atoms with Crippen molar-refractivity contribution in [1.82, 2.24) is 9.38 Å². The lowest BCUT2D eigenvalue weighted by molar-refractivity contribution is 0.0984. The molecule has 1 unspecified atom stereocenters. The van der Waals surface area contributed by atoms with Crippen molar-refractivity contribution in [3.63, 3.8) is 0 Å². The first-order valence-corrected chi connectivity index (χ1v) is 14.1. The van der Waals surface area contributed by atoms with Crippen LogP contribution in [0, 0.1) is 6.92 Å². The molecule has 3 aromatic carbocycles. The van der Waals surface area contributed by atoms with Gasteiger partial charge in [0.05, 0.1) is 17.5 Å². The molecule has 41 heavy (non-hydrogen) atoms. The Kier molecular flexibility index (Phi) is 6.97. The van der Waals surface area contributed by atoms with E-state index in [2.05, 4.69) is 29.4 Å². The number of carbonyl (C=O) groups excluding carboxylic acids is 1. The zero-order valence-corrected chi connectivity index (χ0v) is 23.8. The molecular weight excluding hydrogens is 540 g/mol. The molecule has 2 atom stereocenters. The number of nitrogens with zero attached hydrogens (tertiary/aromatic N) is 3. The highest BCUT2D eigenvalue weighted by Gasteiger charge is 2.36. The number of aromatic nitrogens is 2. The van der Waals surface area contributed by atoms with E-state index in [-0.39, 0.29) is 23.7 Å². The van der Waals surface area contributed by atoms with Gasteiger partial charge in [-0.15, -0.1) is 11.6 Å². The van der Waals surface area contributed by atoms with E-state index in [9.17, 15) is 15.0 Å². The summed E-state index contributed by atoms with van der Waals surface area (Å²) in [5.41, 5.74) is 5.13. The van der Waals surface area contributed by atoms with Crippen LogP contribution in [0.1, 0.15) is 53.2 Å². The molecule has 0 saturated carbocycles. The number of phenolic OH excluding ortho intramolecular Hbond substituents is 1. The number of benzene rings is 3. The number of hydrogen-bond donors (Lipinski definition) is 3. The smallest absolute Gasteiger partial charge is 0.278 e. The van der Waals surface area contributed by atoms with E-state index in [1.54, 1.807) is 46.0 Å². The lowest BCUT2D eigenvalue weighted by atomic mass is 9.92. The standard InChI is InChI=1S/C32H31ClN4O4/c1-18(2)41-27-13-26-30(29-19(3)5-4-6-24(27)29)21(14-33)15-37(26)32(40)25-17-36-16-22(9-12-28(36)35-25)34-31(39)20-7-10-23(38)11-8-20/h4-13,16-18,21,31,34,38-39H,14-15H2,1-3H3/t21-,31?/m1/s1. The summed E-state index contributed by atoms with van der Waals surface area (Å²) in [6.07, 6.45) is 2.46. The Balaban J connectivity index is 1.34. The first-order chi connectivity index (χ1) is 19.7. The number of aliphatic hydroxyl groups excluding tert-OH is 1. The van der Waals surface area contributed by atoms with Gasteiger partial charge in [-0.2, -0.15) is 0 Å². The molecule has 6 rings (SSSR count). The van der Waals surface area contributed by atoms with Crippen LogP contribution in [0.3, 0.4) is 0 Å². The number of phenols is 1. The van der Waals surface area contributed by atoms with Crippen molar-refractivity contribution in [1.29, 1.82) is 0 Å². The average Bonchev–Trinajstić information content (AvgIpc) is 3.54. The molecule has 9 heteroatoms. The lowest BCUT2D eigenvalue weighted by Gasteiger charge is -2.20. The summed E-state index contributed by atoms with van der Waals surface area (Å²) in [6, 6.07) is 18.0. The molecule has 1 amide bonds. The first kappa shape index (κ1) is 26.9. The summed E-state index contributed by atoms with van der Waals surface area (Å²) in [5.74, 6) is 1.01. The normalized spacial score (nSPS) is 15.5. The van der Waals surface area contributed by atoms with Crippen molar-refractivity contribution in [2.24, 2.45) is 0 Å². The molecule has 3 N–H and O–H groups in total. The molecule has 3 heterocycles. The number of imidazole rings is 1. The number of carbonyl (C=O) groups is 1. The number of ether oxygens (including phenoxy) is 1. The number of halogens is 1. The largest absolute Gasteiger partial charge is 0.508 e. The van der Waals surface area contributed by atoms with Crippen LogP contribution in [0.5, 0.6) is 11.5 Å². The zero-order valence-electron chi connectivity index (χ0n) is 23.0. The second-order valence-electron chi connectivity index (χ2n) is 10.7. The minimum absolute atomic E-state index is 0.0264. The van der Waals surface area contributed by atoms with E-state index in [0.717, 1.165) is 33.3 Å². The van der Waals surface area contributed by atoms with Crippen LogP contribution < -0.4 is 15.0 Å². The SMILES string of the molecule is Cc1cccc2c(OC(C)C)cc3c(c12)[C@H](CCl)CN3C(=O)c1cn2cc(NC(O)c3ccc(O)cc3)ccc2n1. The number of aliphatic hydroxyl groups is 1. The van der Waals surface area contributed by atoms with Crippen molar-refractivity contribution in [3.8, 4) is 11.5 Å². The molecule has 0 fully saturated rings. The highest BCUT2D eigenvalue weighted by Crippen LogP contribution is 2.47. The van der Waals surface area contributed by atoms with Crippen LogP contribution >= 0.6 is 11.6 Å². The van der Waals surface area contributed by atoms with Gasteiger partial charge in [0.1, 0.15) is 22.8 Å². The molecule has 1 aliphatic heterocycles. The van der Waals surface area contributed by atoms with Gasteiger partial charge in [0, 0.05) is 47.8 Å². The van der Waals surface area contributed by atoms with Gasteiger partial charge >= 0.3 is 0 Å². The van der Waals surface area contributed by atoms with E-state index < -0.39 is 6.23 Å². The zero-order chi connectivity index (χ0) is 28.8. The van der Waals surface area contributed by atoms with Gasteiger partial charge in [-0.1, -0.05) is 30.3 Å². The fourth-order valence-electron chi connectivity index (χ4n) is 5.57. The Labute approximate surface area is 242 Å². The predicted octanol–water partition coefficient (Wildman–Crippen LogP) is 6.37. The van der Waals surface area contributed by atoms with Gasteiger partial charge in [-0.05, 0) is 61.5 Å². The van der Waals surface area contributed by atoms with Crippen molar-refractivity contribution < 1.29 is 19.7 Å². The number of pyridine rings is 1. The number of nitrogens with one attached hydrogen (secondary N) is 1. The molecule has 0 bridgehead atoms. The number of alkyl halides is 1. The van der Waals surface area contributed by atoms with Gasteiger partial charge in [0.25, 0.3) is 5.91 Å². The minimum Gasteiger partial charge on any atom is -0.508 e. The van der Waals surface area contributed by atoms with Crippen molar-refractivity contribution in [2.45, 2.75) is 39.0 Å². The van der Waals surface area contributed by atoms with Gasteiger partial charge < -0.3 is 29.6 Å². The van der Waals surface area contributed by atoms with E-state index in [1.165, 1.54) is 12.1 Å².